The van der Waals surface area contributed by atoms with Crippen LogP contribution in [0, 0.1) is 0 Å². The van der Waals surface area contributed by atoms with Gasteiger partial charge in [-0.3, -0.25) is 14.5 Å². The molecule has 0 fully saturated rings. The molecule has 1 heterocycles. The van der Waals surface area contributed by atoms with E-state index in [9.17, 15) is 9.59 Å². The molecule has 2 amide bonds. The molecule has 1 atom stereocenters. The van der Waals surface area contributed by atoms with E-state index in [2.05, 4.69) is 46.5 Å². The fourth-order valence-electron chi connectivity index (χ4n) is 3.60. The number of amides is 2. The van der Waals surface area contributed by atoms with E-state index in [-0.39, 0.29) is 17.9 Å². The van der Waals surface area contributed by atoms with Gasteiger partial charge in [0.1, 0.15) is 0 Å². The zero-order chi connectivity index (χ0) is 20.1. The van der Waals surface area contributed by atoms with Crippen LogP contribution in [0.5, 0.6) is 0 Å². The highest BCUT2D eigenvalue weighted by Crippen LogP contribution is 2.25. The first kappa shape index (κ1) is 19.9. The molecular weight excluding hydrogens is 352 g/mol. The zero-order valence-electron chi connectivity index (χ0n) is 16.7. The largest absolute Gasteiger partial charge is 0.373 e. The van der Waals surface area contributed by atoms with Crippen molar-refractivity contribution >= 4 is 23.2 Å². The van der Waals surface area contributed by atoms with Crippen LogP contribution in [0.2, 0.25) is 0 Å². The highest BCUT2D eigenvalue weighted by atomic mass is 16.2. The summed E-state index contributed by atoms with van der Waals surface area (Å²) < 4.78 is 0. The minimum atomic E-state index is -0.139. The van der Waals surface area contributed by atoms with Crippen LogP contribution in [0.4, 0.5) is 11.4 Å². The van der Waals surface area contributed by atoms with Crippen molar-refractivity contribution in [3.05, 3.63) is 59.7 Å². The van der Waals surface area contributed by atoms with E-state index in [0.29, 0.717) is 24.3 Å². The van der Waals surface area contributed by atoms with Gasteiger partial charge in [-0.25, -0.2) is 0 Å². The first-order chi connectivity index (χ1) is 13.5. The summed E-state index contributed by atoms with van der Waals surface area (Å²) in [5, 5.41) is 5.70. The summed E-state index contributed by atoms with van der Waals surface area (Å²) in [6, 6.07) is 15.6. The van der Waals surface area contributed by atoms with Crippen molar-refractivity contribution in [1.82, 2.24) is 10.2 Å². The van der Waals surface area contributed by atoms with Gasteiger partial charge in [0.2, 0.25) is 5.91 Å². The van der Waals surface area contributed by atoms with Gasteiger partial charge >= 0.3 is 0 Å². The molecule has 6 heteroatoms. The summed E-state index contributed by atoms with van der Waals surface area (Å²) in [4.78, 5) is 29.1. The minimum Gasteiger partial charge on any atom is -0.373 e. The van der Waals surface area contributed by atoms with E-state index in [1.807, 2.05) is 19.1 Å². The zero-order valence-corrected chi connectivity index (χ0v) is 16.7. The smallest absolute Gasteiger partial charge is 0.251 e. The Morgan fingerprint density at radius 2 is 1.93 bits per heavy atom. The predicted octanol–water partition coefficient (Wildman–Crippen LogP) is 2.72. The third-order valence-corrected chi connectivity index (χ3v) is 5.03. The lowest BCUT2D eigenvalue weighted by atomic mass is 10.1. The molecular formula is C22H28N4O2. The van der Waals surface area contributed by atoms with Crippen LogP contribution < -0.4 is 15.5 Å². The van der Waals surface area contributed by atoms with Crippen molar-refractivity contribution in [1.29, 1.82) is 0 Å². The number of anilines is 2. The van der Waals surface area contributed by atoms with Gasteiger partial charge in [0.25, 0.3) is 5.91 Å². The van der Waals surface area contributed by atoms with Crippen LogP contribution in [0.15, 0.2) is 48.5 Å². The summed E-state index contributed by atoms with van der Waals surface area (Å²) >= 11 is 0. The molecule has 0 radical (unpaired) electrons. The summed E-state index contributed by atoms with van der Waals surface area (Å²) in [6.07, 6.45) is 0. The molecule has 6 nitrogen and oxygen atoms in total. The van der Waals surface area contributed by atoms with Crippen LogP contribution in [-0.2, 0) is 11.3 Å². The molecule has 0 saturated carbocycles. The number of nitrogens with zero attached hydrogens (tertiary/aromatic N) is 2. The predicted molar refractivity (Wildman–Crippen MR) is 113 cm³/mol. The lowest BCUT2D eigenvalue weighted by Crippen LogP contribution is -2.42. The fourth-order valence-corrected chi connectivity index (χ4v) is 3.60. The third-order valence-electron chi connectivity index (χ3n) is 5.03. The maximum Gasteiger partial charge on any atom is 0.251 e. The second-order valence-corrected chi connectivity index (χ2v) is 7.25. The van der Waals surface area contributed by atoms with Crippen LogP contribution in [-0.4, -0.2) is 49.4 Å². The molecule has 1 aliphatic heterocycles. The molecule has 0 saturated heterocycles. The summed E-state index contributed by atoms with van der Waals surface area (Å²) in [5.74, 6) is -0.221. The molecule has 1 aliphatic rings. The summed E-state index contributed by atoms with van der Waals surface area (Å²) in [5.41, 5.74) is 3.61. The van der Waals surface area contributed by atoms with Gasteiger partial charge in [0.05, 0.1) is 6.54 Å². The molecule has 0 bridgehead atoms. The van der Waals surface area contributed by atoms with Crippen LogP contribution in [0.3, 0.4) is 0 Å². The van der Waals surface area contributed by atoms with Crippen LogP contribution >= 0.6 is 0 Å². The Bertz CT molecular complexity index is 852. The van der Waals surface area contributed by atoms with Gasteiger partial charge in [0, 0.05) is 49.7 Å². The van der Waals surface area contributed by atoms with E-state index in [1.54, 1.807) is 24.3 Å². The molecule has 2 aromatic carbocycles. The van der Waals surface area contributed by atoms with E-state index in [1.165, 1.54) is 11.3 Å². The Hall–Kier alpha value is -2.86. The number of hydrogen-bond donors (Lipinski definition) is 2. The Morgan fingerprint density at radius 1 is 1.14 bits per heavy atom. The van der Waals surface area contributed by atoms with Gasteiger partial charge in [0.15, 0.2) is 0 Å². The first-order valence-corrected chi connectivity index (χ1v) is 9.69. The van der Waals surface area contributed by atoms with Crippen molar-refractivity contribution in [3.8, 4) is 0 Å². The second kappa shape index (κ2) is 8.89. The van der Waals surface area contributed by atoms with Crippen molar-refractivity contribution in [3.63, 3.8) is 0 Å². The van der Waals surface area contributed by atoms with Gasteiger partial charge in [-0.05, 0) is 43.7 Å². The topological polar surface area (TPSA) is 64.7 Å². The Morgan fingerprint density at radius 3 is 2.71 bits per heavy atom. The number of carbonyl (C=O) groups excluding carboxylic acids is 2. The average Bonchev–Trinajstić information content (AvgIpc) is 2.79. The molecule has 1 unspecified atom stereocenters. The Labute approximate surface area is 166 Å². The van der Waals surface area contributed by atoms with Crippen molar-refractivity contribution in [2.75, 3.05) is 36.9 Å². The number of likely N-dealkylation sites (N-methyl/N-ethyl adjacent to an activating group) is 1. The Balaban J connectivity index is 1.68. The summed E-state index contributed by atoms with van der Waals surface area (Å²) in [7, 11) is 2.09. The molecule has 2 aromatic rings. The number of hydrogen-bond acceptors (Lipinski definition) is 4. The maximum absolute atomic E-state index is 12.7. The SMILES string of the molecule is CCNC(=O)c1cccc(NC(=O)CN2Cc3ccccc3N(C)CC2C)c1. The van der Waals surface area contributed by atoms with Crippen LogP contribution in [0.1, 0.15) is 29.8 Å². The van der Waals surface area contributed by atoms with Gasteiger partial charge in [-0.2, -0.15) is 0 Å². The molecule has 28 heavy (non-hydrogen) atoms. The minimum absolute atomic E-state index is 0.0815. The van der Waals surface area contributed by atoms with Gasteiger partial charge in [-0.15, -0.1) is 0 Å². The number of nitrogens with one attached hydrogen (secondary N) is 2. The lowest BCUT2D eigenvalue weighted by Gasteiger charge is -2.27. The number of carbonyl (C=O) groups is 2. The maximum atomic E-state index is 12.7. The van der Waals surface area contributed by atoms with Gasteiger partial charge < -0.3 is 15.5 Å². The van der Waals surface area contributed by atoms with E-state index in [4.69, 9.17) is 0 Å². The van der Waals surface area contributed by atoms with E-state index in [0.717, 1.165) is 13.1 Å². The highest BCUT2D eigenvalue weighted by molar-refractivity contribution is 5.97. The molecule has 148 valence electrons. The quantitative estimate of drug-likeness (QED) is 0.837. The lowest BCUT2D eigenvalue weighted by molar-refractivity contribution is -0.117. The normalized spacial score (nSPS) is 16.8. The molecule has 0 aromatic heterocycles. The number of benzene rings is 2. The molecule has 3 rings (SSSR count). The van der Waals surface area contributed by atoms with Crippen molar-refractivity contribution < 1.29 is 9.59 Å². The number of rotatable bonds is 5. The van der Waals surface area contributed by atoms with Gasteiger partial charge in [-0.1, -0.05) is 24.3 Å². The van der Waals surface area contributed by atoms with Crippen LogP contribution in [0.25, 0.3) is 0 Å². The first-order valence-electron chi connectivity index (χ1n) is 9.69. The number of para-hydroxylation sites is 1. The standard InChI is InChI=1S/C22H28N4O2/c1-4-23-22(28)17-9-7-10-19(12-17)24-21(27)15-26-14-18-8-5-6-11-20(18)25(3)13-16(26)2/h5-12,16H,4,13-15H2,1-3H3,(H,23,28)(H,24,27). The number of fused-ring (bicyclic) bond motifs is 1. The van der Waals surface area contributed by atoms with E-state index >= 15 is 0 Å². The Kier molecular flexibility index (Phi) is 6.31. The molecule has 0 spiro atoms. The van der Waals surface area contributed by atoms with Crippen molar-refractivity contribution in [2.24, 2.45) is 0 Å². The molecule has 2 N–H and O–H groups in total. The highest BCUT2D eigenvalue weighted by Gasteiger charge is 2.24. The monoisotopic (exact) mass is 380 g/mol. The average molecular weight is 380 g/mol. The third kappa shape index (κ3) is 4.70. The summed E-state index contributed by atoms with van der Waals surface area (Å²) in [6.45, 7) is 6.48. The second-order valence-electron chi connectivity index (χ2n) is 7.25. The molecule has 0 aliphatic carbocycles. The van der Waals surface area contributed by atoms with E-state index < -0.39 is 0 Å². The fraction of sp³-hybridized carbons (Fsp3) is 0.364. The van der Waals surface area contributed by atoms with Crippen molar-refractivity contribution in [2.45, 2.75) is 26.4 Å².